The molecule has 1 aromatic heterocycles. The molecule has 1 aliphatic rings. The van der Waals surface area contributed by atoms with Crippen LogP contribution in [0.4, 0.5) is 0 Å². The van der Waals surface area contributed by atoms with Crippen molar-refractivity contribution < 1.29 is 9.53 Å². The second-order valence-corrected chi connectivity index (χ2v) is 6.41. The number of thioether (sulfide) groups is 1. The minimum Gasteiger partial charge on any atom is -0.374 e. The molecule has 120 valence electrons. The van der Waals surface area contributed by atoms with Crippen molar-refractivity contribution >= 4 is 17.7 Å². The Morgan fingerprint density at radius 1 is 1.30 bits per heavy atom. The Hall–Kier alpha value is -1.89. The van der Waals surface area contributed by atoms with E-state index in [4.69, 9.17) is 10.5 Å². The number of hydrogen-bond donors (Lipinski definition) is 2. The SMILES string of the molecule is NC(=O)c1cccnc1S[C@@H](c1ccccc1)C1CNCCO1. The first kappa shape index (κ1) is 16.0. The summed E-state index contributed by atoms with van der Waals surface area (Å²) in [6.45, 7) is 2.31. The number of morpholine rings is 1. The number of nitrogens with zero attached hydrogens (tertiary/aromatic N) is 1. The average molecular weight is 329 g/mol. The molecule has 2 atom stereocenters. The van der Waals surface area contributed by atoms with E-state index >= 15 is 0 Å². The lowest BCUT2D eigenvalue weighted by atomic mass is 10.1. The van der Waals surface area contributed by atoms with Crippen molar-refractivity contribution in [2.45, 2.75) is 16.4 Å². The van der Waals surface area contributed by atoms with Crippen molar-refractivity contribution in [1.29, 1.82) is 0 Å². The summed E-state index contributed by atoms with van der Waals surface area (Å²) in [5.41, 5.74) is 7.06. The number of pyridine rings is 1. The van der Waals surface area contributed by atoms with Crippen LogP contribution in [0.2, 0.25) is 0 Å². The van der Waals surface area contributed by atoms with Gasteiger partial charge in [-0.05, 0) is 17.7 Å². The fourth-order valence-corrected chi connectivity index (χ4v) is 3.85. The minimum absolute atomic E-state index is 0.0129. The Morgan fingerprint density at radius 3 is 2.83 bits per heavy atom. The number of primary amides is 1. The van der Waals surface area contributed by atoms with Gasteiger partial charge < -0.3 is 15.8 Å². The molecule has 1 unspecified atom stereocenters. The molecule has 1 aromatic carbocycles. The van der Waals surface area contributed by atoms with Gasteiger partial charge in [0.1, 0.15) is 5.03 Å². The topological polar surface area (TPSA) is 77.2 Å². The van der Waals surface area contributed by atoms with Crippen LogP contribution in [0, 0.1) is 0 Å². The Kier molecular flexibility index (Phi) is 5.27. The van der Waals surface area contributed by atoms with Crippen molar-refractivity contribution in [3.8, 4) is 0 Å². The molecule has 1 aliphatic heterocycles. The lowest BCUT2D eigenvalue weighted by Gasteiger charge is -2.31. The van der Waals surface area contributed by atoms with E-state index in [0.717, 1.165) is 18.7 Å². The Balaban J connectivity index is 1.91. The highest BCUT2D eigenvalue weighted by molar-refractivity contribution is 7.99. The average Bonchev–Trinajstić information content (AvgIpc) is 2.61. The van der Waals surface area contributed by atoms with E-state index in [2.05, 4.69) is 22.4 Å². The van der Waals surface area contributed by atoms with Gasteiger partial charge in [0.25, 0.3) is 5.91 Å². The predicted octanol–water partition coefficient (Wildman–Crippen LogP) is 2.00. The third kappa shape index (κ3) is 3.90. The monoisotopic (exact) mass is 329 g/mol. The van der Waals surface area contributed by atoms with Gasteiger partial charge >= 0.3 is 0 Å². The molecule has 1 saturated heterocycles. The summed E-state index contributed by atoms with van der Waals surface area (Å²) in [7, 11) is 0. The lowest BCUT2D eigenvalue weighted by molar-refractivity contribution is 0.0273. The van der Waals surface area contributed by atoms with Crippen LogP contribution in [0.3, 0.4) is 0 Å². The van der Waals surface area contributed by atoms with Crippen molar-refractivity contribution in [2.24, 2.45) is 5.73 Å². The molecule has 0 radical (unpaired) electrons. The van der Waals surface area contributed by atoms with E-state index in [1.165, 1.54) is 11.8 Å². The quantitative estimate of drug-likeness (QED) is 0.821. The number of carbonyl (C=O) groups is 1. The van der Waals surface area contributed by atoms with E-state index in [1.54, 1.807) is 18.3 Å². The van der Waals surface area contributed by atoms with Gasteiger partial charge in [0, 0.05) is 19.3 Å². The van der Waals surface area contributed by atoms with Crippen molar-refractivity contribution in [3.05, 3.63) is 59.8 Å². The number of carbonyl (C=O) groups excluding carboxylic acids is 1. The number of ether oxygens (including phenoxy) is 1. The molecule has 0 bridgehead atoms. The van der Waals surface area contributed by atoms with Gasteiger partial charge in [0.05, 0.1) is 23.5 Å². The van der Waals surface area contributed by atoms with Crippen LogP contribution in [-0.4, -0.2) is 36.7 Å². The highest BCUT2D eigenvalue weighted by atomic mass is 32.2. The maximum atomic E-state index is 11.6. The van der Waals surface area contributed by atoms with Gasteiger partial charge in [0.2, 0.25) is 0 Å². The maximum Gasteiger partial charge on any atom is 0.251 e. The van der Waals surface area contributed by atoms with Gasteiger partial charge in [-0.1, -0.05) is 42.1 Å². The van der Waals surface area contributed by atoms with Gasteiger partial charge in [0.15, 0.2) is 0 Å². The molecular formula is C17H19N3O2S. The summed E-state index contributed by atoms with van der Waals surface area (Å²) in [6, 6.07) is 13.6. The molecular weight excluding hydrogens is 310 g/mol. The van der Waals surface area contributed by atoms with Gasteiger partial charge in [-0.25, -0.2) is 4.98 Å². The Morgan fingerprint density at radius 2 is 2.13 bits per heavy atom. The maximum absolute atomic E-state index is 11.6. The van der Waals surface area contributed by atoms with Crippen LogP contribution in [0.1, 0.15) is 21.2 Å². The third-order valence-electron chi connectivity index (χ3n) is 3.70. The predicted molar refractivity (Wildman–Crippen MR) is 90.4 cm³/mol. The van der Waals surface area contributed by atoms with E-state index in [0.29, 0.717) is 17.2 Å². The largest absolute Gasteiger partial charge is 0.374 e. The van der Waals surface area contributed by atoms with Crippen LogP contribution in [0.15, 0.2) is 53.7 Å². The van der Waals surface area contributed by atoms with Gasteiger partial charge in [-0.2, -0.15) is 0 Å². The second-order valence-electron chi connectivity index (χ2n) is 5.28. The van der Waals surface area contributed by atoms with Crippen LogP contribution < -0.4 is 11.1 Å². The standard InChI is InChI=1S/C17H19N3O2S/c18-16(21)13-7-4-8-20-17(13)23-15(12-5-2-1-3-6-12)14-11-19-9-10-22-14/h1-8,14-15,19H,9-11H2,(H2,18,21)/t14?,15-/m0/s1. The highest BCUT2D eigenvalue weighted by Crippen LogP contribution is 2.39. The zero-order valence-corrected chi connectivity index (χ0v) is 13.5. The minimum atomic E-state index is -0.463. The second kappa shape index (κ2) is 7.59. The van der Waals surface area contributed by atoms with Crippen LogP contribution in [0.5, 0.6) is 0 Å². The summed E-state index contributed by atoms with van der Waals surface area (Å²) >= 11 is 1.53. The summed E-state index contributed by atoms with van der Waals surface area (Å²) in [6.07, 6.45) is 1.69. The molecule has 0 saturated carbocycles. The van der Waals surface area contributed by atoms with Crippen LogP contribution in [-0.2, 0) is 4.74 Å². The van der Waals surface area contributed by atoms with E-state index < -0.39 is 5.91 Å². The van der Waals surface area contributed by atoms with Crippen molar-refractivity contribution in [1.82, 2.24) is 10.3 Å². The molecule has 3 N–H and O–H groups in total. The highest BCUT2D eigenvalue weighted by Gasteiger charge is 2.28. The Labute approximate surface area is 139 Å². The van der Waals surface area contributed by atoms with Crippen LogP contribution >= 0.6 is 11.8 Å². The third-order valence-corrected chi connectivity index (χ3v) is 5.08. The van der Waals surface area contributed by atoms with Crippen molar-refractivity contribution in [3.63, 3.8) is 0 Å². The van der Waals surface area contributed by atoms with E-state index in [9.17, 15) is 4.79 Å². The van der Waals surface area contributed by atoms with Crippen molar-refractivity contribution in [2.75, 3.05) is 19.7 Å². The molecule has 2 aromatic rings. The van der Waals surface area contributed by atoms with E-state index in [-0.39, 0.29) is 11.4 Å². The molecule has 2 heterocycles. The molecule has 6 heteroatoms. The number of aromatic nitrogens is 1. The number of rotatable bonds is 5. The smallest absolute Gasteiger partial charge is 0.251 e. The molecule has 0 spiro atoms. The van der Waals surface area contributed by atoms with Gasteiger partial charge in [-0.3, -0.25) is 4.79 Å². The first-order chi connectivity index (χ1) is 11.3. The normalized spacial score (nSPS) is 19.2. The fourth-order valence-electron chi connectivity index (χ4n) is 2.57. The summed E-state index contributed by atoms with van der Waals surface area (Å²) in [5, 5.41) is 4.04. The fraction of sp³-hybridized carbons (Fsp3) is 0.294. The van der Waals surface area contributed by atoms with Crippen LogP contribution in [0.25, 0.3) is 0 Å². The first-order valence-electron chi connectivity index (χ1n) is 7.54. The summed E-state index contributed by atoms with van der Waals surface area (Å²) in [4.78, 5) is 16.0. The number of nitrogens with two attached hydrogens (primary N) is 1. The number of amides is 1. The first-order valence-corrected chi connectivity index (χ1v) is 8.42. The molecule has 5 nitrogen and oxygen atoms in total. The Bertz CT molecular complexity index is 660. The molecule has 1 amide bonds. The zero-order valence-electron chi connectivity index (χ0n) is 12.6. The summed E-state index contributed by atoms with van der Waals surface area (Å²) in [5.74, 6) is -0.463. The zero-order chi connectivity index (χ0) is 16.1. The number of nitrogens with one attached hydrogen (secondary N) is 1. The molecule has 1 fully saturated rings. The summed E-state index contributed by atoms with van der Waals surface area (Å²) < 4.78 is 5.94. The number of hydrogen-bond acceptors (Lipinski definition) is 5. The molecule has 0 aliphatic carbocycles. The lowest BCUT2D eigenvalue weighted by Crippen LogP contribution is -2.41. The molecule has 3 rings (SSSR count). The van der Waals surface area contributed by atoms with E-state index in [1.807, 2.05) is 18.2 Å². The van der Waals surface area contributed by atoms with Gasteiger partial charge in [-0.15, -0.1) is 0 Å². The molecule has 23 heavy (non-hydrogen) atoms. The number of benzene rings is 1.